The Morgan fingerprint density at radius 1 is 1.04 bits per heavy atom. The Hall–Kier alpha value is -2.21. The fourth-order valence-corrected chi connectivity index (χ4v) is 3.22. The van der Waals surface area contributed by atoms with E-state index in [2.05, 4.69) is 11.8 Å². The molecular formula is C17H21N3O3. The van der Waals surface area contributed by atoms with Gasteiger partial charge in [0.25, 0.3) is 11.8 Å². The number of piperazine rings is 1. The lowest BCUT2D eigenvalue weighted by molar-refractivity contribution is -0.136. The maximum Gasteiger partial charge on any atom is 0.262 e. The summed E-state index contributed by atoms with van der Waals surface area (Å²) in [6.45, 7) is 7.64. The summed E-state index contributed by atoms with van der Waals surface area (Å²) in [5.74, 6) is -0.910. The number of imide groups is 1. The van der Waals surface area contributed by atoms with Gasteiger partial charge in [-0.15, -0.1) is 0 Å². The van der Waals surface area contributed by atoms with Gasteiger partial charge in [-0.05, 0) is 25.6 Å². The summed E-state index contributed by atoms with van der Waals surface area (Å²) >= 11 is 0. The zero-order valence-corrected chi connectivity index (χ0v) is 13.5. The second-order valence-electron chi connectivity index (χ2n) is 5.96. The molecule has 23 heavy (non-hydrogen) atoms. The second kappa shape index (κ2) is 6.12. The van der Waals surface area contributed by atoms with Crippen molar-refractivity contribution < 1.29 is 14.4 Å². The highest BCUT2D eigenvalue weighted by Crippen LogP contribution is 2.25. The summed E-state index contributed by atoms with van der Waals surface area (Å²) in [6, 6.07) is 5.95. The van der Waals surface area contributed by atoms with E-state index in [9.17, 15) is 14.4 Å². The minimum Gasteiger partial charge on any atom is -0.338 e. The Kier molecular flexibility index (Phi) is 4.17. The number of nitrogens with zero attached hydrogens (tertiary/aromatic N) is 3. The van der Waals surface area contributed by atoms with Crippen molar-refractivity contribution in [1.82, 2.24) is 14.7 Å². The summed E-state index contributed by atoms with van der Waals surface area (Å²) in [6.07, 6.45) is 0. The smallest absolute Gasteiger partial charge is 0.262 e. The average molecular weight is 315 g/mol. The van der Waals surface area contributed by atoms with Crippen LogP contribution >= 0.6 is 0 Å². The Balaban J connectivity index is 1.74. The molecule has 1 aromatic rings. The van der Waals surface area contributed by atoms with E-state index in [0.29, 0.717) is 24.2 Å². The Labute approximate surface area is 135 Å². The number of fused-ring (bicyclic) bond motifs is 1. The average Bonchev–Trinajstić information content (AvgIpc) is 2.85. The number of amides is 3. The van der Waals surface area contributed by atoms with E-state index < -0.39 is 6.04 Å². The third-order valence-electron chi connectivity index (χ3n) is 4.70. The van der Waals surface area contributed by atoms with Crippen LogP contribution in [0.5, 0.6) is 0 Å². The summed E-state index contributed by atoms with van der Waals surface area (Å²) in [4.78, 5) is 42.7. The molecule has 0 radical (unpaired) electrons. The van der Waals surface area contributed by atoms with E-state index >= 15 is 0 Å². The van der Waals surface area contributed by atoms with Gasteiger partial charge in [-0.2, -0.15) is 0 Å². The molecule has 6 nitrogen and oxygen atoms in total. The molecule has 1 aromatic carbocycles. The van der Waals surface area contributed by atoms with Crippen molar-refractivity contribution in [3.05, 3.63) is 35.4 Å². The number of hydrogen-bond donors (Lipinski definition) is 0. The highest BCUT2D eigenvalue weighted by atomic mass is 16.2. The first-order valence-electron chi connectivity index (χ1n) is 8.02. The SMILES string of the molecule is CCN1CCN(C(=O)C(C)N2C(=O)c3ccccc3C2=O)CC1. The van der Waals surface area contributed by atoms with Crippen LogP contribution in [0.4, 0.5) is 0 Å². The van der Waals surface area contributed by atoms with E-state index in [4.69, 9.17) is 0 Å². The van der Waals surface area contributed by atoms with E-state index in [1.54, 1.807) is 36.1 Å². The van der Waals surface area contributed by atoms with E-state index in [1.807, 2.05) is 0 Å². The van der Waals surface area contributed by atoms with E-state index in [0.717, 1.165) is 24.5 Å². The normalized spacial score (nSPS) is 19.9. The lowest BCUT2D eigenvalue weighted by Crippen LogP contribution is -2.55. The van der Waals surface area contributed by atoms with Crippen molar-refractivity contribution >= 4 is 17.7 Å². The van der Waals surface area contributed by atoms with Gasteiger partial charge in [0.2, 0.25) is 5.91 Å². The van der Waals surface area contributed by atoms with Gasteiger partial charge in [-0.25, -0.2) is 0 Å². The molecule has 1 atom stereocenters. The van der Waals surface area contributed by atoms with Crippen molar-refractivity contribution in [2.75, 3.05) is 32.7 Å². The fourth-order valence-electron chi connectivity index (χ4n) is 3.22. The number of likely N-dealkylation sites (N-methyl/N-ethyl adjacent to an activating group) is 1. The molecule has 0 aliphatic carbocycles. The zero-order chi connectivity index (χ0) is 16.6. The lowest BCUT2D eigenvalue weighted by Gasteiger charge is -2.36. The van der Waals surface area contributed by atoms with Crippen LogP contribution in [0, 0.1) is 0 Å². The molecule has 1 fully saturated rings. The molecule has 2 aliphatic heterocycles. The number of carbonyl (C=O) groups is 3. The summed E-state index contributed by atoms with van der Waals surface area (Å²) in [5, 5.41) is 0. The molecule has 122 valence electrons. The predicted octanol–water partition coefficient (Wildman–Crippen LogP) is 0.835. The fraction of sp³-hybridized carbons (Fsp3) is 0.471. The monoisotopic (exact) mass is 315 g/mol. The van der Waals surface area contributed by atoms with Gasteiger partial charge in [0.05, 0.1) is 11.1 Å². The van der Waals surface area contributed by atoms with Crippen LogP contribution in [0.2, 0.25) is 0 Å². The Morgan fingerprint density at radius 2 is 1.57 bits per heavy atom. The van der Waals surface area contributed by atoms with Crippen molar-refractivity contribution in [2.45, 2.75) is 19.9 Å². The minimum absolute atomic E-state index is 0.157. The molecule has 6 heteroatoms. The first-order valence-corrected chi connectivity index (χ1v) is 8.02. The van der Waals surface area contributed by atoms with Crippen LogP contribution in [0.15, 0.2) is 24.3 Å². The molecule has 1 unspecified atom stereocenters. The van der Waals surface area contributed by atoms with Crippen molar-refractivity contribution in [2.24, 2.45) is 0 Å². The highest BCUT2D eigenvalue weighted by Gasteiger charge is 2.41. The van der Waals surface area contributed by atoms with Crippen molar-refractivity contribution in [3.63, 3.8) is 0 Å². The number of carbonyl (C=O) groups excluding carboxylic acids is 3. The number of hydrogen-bond acceptors (Lipinski definition) is 4. The van der Waals surface area contributed by atoms with Gasteiger partial charge in [-0.1, -0.05) is 19.1 Å². The van der Waals surface area contributed by atoms with Gasteiger partial charge < -0.3 is 9.80 Å². The topological polar surface area (TPSA) is 60.9 Å². The third kappa shape index (κ3) is 2.63. The molecule has 0 N–H and O–H groups in total. The first-order chi connectivity index (χ1) is 11.0. The zero-order valence-electron chi connectivity index (χ0n) is 13.5. The number of rotatable bonds is 3. The van der Waals surface area contributed by atoms with Gasteiger partial charge >= 0.3 is 0 Å². The largest absolute Gasteiger partial charge is 0.338 e. The van der Waals surface area contributed by atoms with E-state index in [-0.39, 0.29) is 17.7 Å². The summed E-state index contributed by atoms with van der Waals surface area (Å²) < 4.78 is 0. The van der Waals surface area contributed by atoms with E-state index in [1.165, 1.54) is 0 Å². The molecule has 0 saturated carbocycles. The molecule has 0 bridgehead atoms. The number of benzene rings is 1. The maximum atomic E-state index is 12.7. The van der Waals surface area contributed by atoms with Crippen LogP contribution in [-0.4, -0.2) is 71.2 Å². The van der Waals surface area contributed by atoms with Gasteiger partial charge in [0.1, 0.15) is 6.04 Å². The lowest BCUT2D eigenvalue weighted by atomic mass is 10.1. The first kappa shape index (κ1) is 15.7. The molecule has 3 amide bonds. The molecule has 1 saturated heterocycles. The minimum atomic E-state index is -0.768. The van der Waals surface area contributed by atoms with Gasteiger partial charge in [0, 0.05) is 26.2 Å². The van der Waals surface area contributed by atoms with Crippen LogP contribution in [0.1, 0.15) is 34.6 Å². The quantitative estimate of drug-likeness (QED) is 0.776. The van der Waals surface area contributed by atoms with Crippen molar-refractivity contribution in [1.29, 1.82) is 0 Å². The maximum absolute atomic E-state index is 12.7. The second-order valence-corrected chi connectivity index (χ2v) is 5.96. The highest BCUT2D eigenvalue weighted by molar-refractivity contribution is 6.22. The van der Waals surface area contributed by atoms with Crippen LogP contribution in [0.25, 0.3) is 0 Å². The molecule has 2 aliphatic rings. The van der Waals surface area contributed by atoms with Gasteiger partial charge in [-0.3, -0.25) is 19.3 Å². The van der Waals surface area contributed by atoms with Crippen LogP contribution in [0.3, 0.4) is 0 Å². The molecule has 2 heterocycles. The van der Waals surface area contributed by atoms with Crippen molar-refractivity contribution in [3.8, 4) is 0 Å². The Morgan fingerprint density at radius 3 is 2.04 bits per heavy atom. The molecule has 0 aromatic heterocycles. The summed E-state index contributed by atoms with van der Waals surface area (Å²) in [7, 11) is 0. The Bertz CT molecular complexity index is 615. The van der Waals surface area contributed by atoms with Crippen LogP contribution < -0.4 is 0 Å². The predicted molar refractivity (Wildman–Crippen MR) is 85.1 cm³/mol. The summed E-state index contributed by atoms with van der Waals surface area (Å²) in [5.41, 5.74) is 0.765. The molecule has 0 spiro atoms. The van der Waals surface area contributed by atoms with Crippen LogP contribution in [-0.2, 0) is 4.79 Å². The third-order valence-corrected chi connectivity index (χ3v) is 4.70. The van der Waals surface area contributed by atoms with Gasteiger partial charge in [0.15, 0.2) is 0 Å². The molecular weight excluding hydrogens is 294 g/mol. The molecule has 3 rings (SSSR count). The standard InChI is InChI=1S/C17H21N3O3/c1-3-18-8-10-19(11-9-18)15(21)12(2)20-16(22)13-6-4-5-7-14(13)17(20)23/h4-7,12H,3,8-11H2,1-2H3.